The Labute approximate surface area is 354 Å². The lowest BCUT2D eigenvalue weighted by Crippen LogP contribution is -2.81. The van der Waals surface area contributed by atoms with Crippen LogP contribution in [-0.2, 0) is 28.5 Å². The van der Waals surface area contributed by atoms with E-state index in [1.54, 1.807) is 0 Å². The number of nitrogens with two attached hydrogens (primary N) is 2. The maximum Gasteiger partial charge on any atom is 0.314 e. The number of morpholine rings is 1. The molecule has 0 bridgehead atoms. The van der Waals surface area contributed by atoms with Crippen molar-refractivity contribution in [2.45, 2.75) is 228 Å². The summed E-state index contributed by atoms with van der Waals surface area (Å²) in [5.74, 6) is -2.59. The fourth-order valence-corrected chi connectivity index (χ4v) is 11.1. The van der Waals surface area contributed by atoms with Gasteiger partial charge in [-0.25, -0.2) is 0 Å². The highest BCUT2D eigenvalue weighted by molar-refractivity contribution is 5.82. The maximum atomic E-state index is 14.1. The monoisotopic (exact) mass is 833 g/mol. The molecule has 0 saturated carbocycles. The van der Waals surface area contributed by atoms with Crippen molar-refractivity contribution < 1.29 is 38.7 Å². The van der Waals surface area contributed by atoms with Crippen molar-refractivity contribution in [3.05, 3.63) is 12.2 Å². The highest BCUT2D eigenvalue weighted by atomic mass is 16.7. The van der Waals surface area contributed by atoms with Gasteiger partial charge in [0.15, 0.2) is 6.23 Å². The summed E-state index contributed by atoms with van der Waals surface area (Å²) < 4.78 is 25.3. The Morgan fingerprint density at radius 1 is 0.898 bits per heavy atom. The number of esters is 1. The van der Waals surface area contributed by atoms with E-state index in [0.29, 0.717) is 32.0 Å². The van der Waals surface area contributed by atoms with E-state index in [9.17, 15) is 19.8 Å². The molecule has 6 heterocycles. The molecule has 0 aromatic carbocycles. The molecule has 11 unspecified atom stereocenters. The van der Waals surface area contributed by atoms with Gasteiger partial charge in [-0.05, 0) is 90.6 Å². The summed E-state index contributed by atoms with van der Waals surface area (Å²) in [7, 11) is 0. The summed E-state index contributed by atoms with van der Waals surface area (Å²) in [6, 6.07) is 0.454. The smallest absolute Gasteiger partial charge is 0.314 e. The van der Waals surface area contributed by atoms with Crippen molar-refractivity contribution >= 4 is 11.9 Å². The number of carbonyl (C=O) groups is 2. The highest BCUT2D eigenvalue weighted by Crippen LogP contribution is 2.50. The highest BCUT2D eigenvalue weighted by Gasteiger charge is 2.64. The van der Waals surface area contributed by atoms with E-state index in [2.05, 4.69) is 41.5 Å². The van der Waals surface area contributed by atoms with Gasteiger partial charge < -0.3 is 45.5 Å². The minimum atomic E-state index is -1.85. The Hall–Kier alpha value is -1.72. The normalized spacial score (nSPS) is 37.3. The van der Waals surface area contributed by atoms with Crippen LogP contribution < -0.4 is 22.1 Å². The number of nitrogens with zero attached hydrogens (tertiary/aromatic N) is 2. The largest absolute Gasteiger partial charge is 0.465 e. The summed E-state index contributed by atoms with van der Waals surface area (Å²) in [4.78, 5) is 30.9. The van der Waals surface area contributed by atoms with Gasteiger partial charge in [0.1, 0.15) is 29.8 Å². The summed E-state index contributed by atoms with van der Waals surface area (Å²) in [6.45, 7) is 5.57. The van der Waals surface area contributed by atoms with Crippen LogP contribution in [0.15, 0.2) is 12.2 Å². The number of aliphatic hydroxyl groups is 2. The molecule has 6 saturated heterocycles. The molecule has 6 aliphatic rings. The molecular weight excluding hydrogens is 753 g/mol. The van der Waals surface area contributed by atoms with Crippen molar-refractivity contribution in [3.8, 4) is 0 Å². The van der Waals surface area contributed by atoms with Gasteiger partial charge >= 0.3 is 5.97 Å². The van der Waals surface area contributed by atoms with E-state index in [0.717, 1.165) is 103 Å². The lowest BCUT2D eigenvalue weighted by Gasteiger charge is -2.60. The molecule has 0 aliphatic carbocycles. The minimum Gasteiger partial charge on any atom is -0.465 e. The number of unbranched alkanes of at least 4 members (excludes halogenated alkanes) is 11. The number of carbonyl (C=O) groups excluding carboxylic acids is 2. The van der Waals surface area contributed by atoms with Crippen LogP contribution in [0.4, 0.5) is 0 Å². The van der Waals surface area contributed by atoms with Crippen molar-refractivity contribution in [2.24, 2.45) is 17.4 Å². The maximum absolute atomic E-state index is 14.1. The van der Waals surface area contributed by atoms with Gasteiger partial charge in [-0.3, -0.25) is 25.1 Å². The molecule has 6 rings (SSSR count). The standard InChI is InChI=1S/C45H80N6O8/c1-3-4-20-35-24-26-43(58-35)32-34-22-23-36-38(44(25-17-19-33(2)57-44)49-42(48-43)51(34)36)40(53)56-31-16-14-12-10-8-6-5-7-9-11-13-15-21-37-39(52)50(30-18-28-46)41(54)45(55,59-37)27-29-47/h4,20,33-38,41-42,48-49,54-55H,3,5-19,21-32,46-47H2,1-2H3. The second-order valence-corrected chi connectivity index (χ2v) is 18.6. The topological polar surface area (TPSA) is 194 Å². The zero-order chi connectivity index (χ0) is 41.9. The van der Waals surface area contributed by atoms with E-state index < -0.39 is 23.8 Å². The summed E-state index contributed by atoms with van der Waals surface area (Å²) in [6.07, 6.45) is 25.6. The van der Waals surface area contributed by atoms with E-state index in [4.69, 9.17) is 30.4 Å². The van der Waals surface area contributed by atoms with Crippen LogP contribution in [-0.4, -0.2) is 118 Å². The van der Waals surface area contributed by atoms with Gasteiger partial charge in [-0.1, -0.05) is 89.7 Å². The molecule has 0 radical (unpaired) electrons. The van der Waals surface area contributed by atoms with E-state index >= 15 is 0 Å². The van der Waals surface area contributed by atoms with E-state index in [1.807, 2.05) is 0 Å². The third-order valence-electron chi connectivity index (χ3n) is 14.1. The van der Waals surface area contributed by atoms with Crippen molar-refractivity contribution in [2.75, 3.05) is 26.2 Å². The number of allylic oxidation sites excluding steroid dienone is 1. The molecule has 14 heteroatoms. The summed E-state index contributed by atoms with van der Waals surface area (Å²) in [5.41, 5.74) is 10.2. The Balaban J connectivity index is 0.839. The molecule has 6 aliphatic heterocycles. The predicted octanol–water partition coefficient (Wildman–Crippen LogP) is 4.99. The van der Waals surface area contributed by atoms with Crippen molar-refractivity contribution in [1.29, 1.82) is 0 Å². The third-order valence-corrected chi connectivity index (χ3v) is 14.1. The van der Waals surface area contributed by atoms with Crippen LogP contribution in [0.3, 0.4) is 0 Å². The first-order valence-corrected chi connectivity index (χ1v) is 23.9. The van der Waals surface area contributed by atoms with Gasteiger partial charge in [-0.2, -0.15) is 0 Å². The average Bonchev–Trinajstić information content (AvgIpc) is 3.81. The number of aliphatic hydroxyl groups excluding tert-OH is 1. The van der Waals surface area contributed by atoms with Gasteiger partial charge in [0.25, 0.3) is 5.91 Å². The van der Waals surface area contributed by atoms with Crippen LogP contribution in [0.2, 0.25) is 0 Å². The average molecular weight is 833 g/mol. The Morgan fingerprint density at radius 2 is 1.61 bits per heavy atom. The second-order valence-electron chi connectivity index (χ2n) is 18.6. The molecule has 8 N–H and O–H groups in total. The molecule has 11 atom stereocenters. The van der Waals surface area contributed by atoms with Crippen LogP contribution in [0.25, 0.3) is 0 Å². The first-order valence-electron chi connectivity index (χ1n) is 23.9. The molecule has 0 aromatic rings. The molecule has 6 fully saturated rings. The molecule has 14 nitrogen and oxygen atoms in total. The number of nitrogens with one attached hydrogen (secondary N) is 2. The van der Waals surface area contributed by atoms with E-state index in [-0.39, 0.29) is 67.6 Å². The van der Waals surface area contributed by atoms with Crippen molar-refractivity contribution in [3.63, 3.8) is 0 Å². The number of ether oxygens (including phenoxy) is 4. The van der Waals surface area contributed by atoms with Crippen LogP contribution in [0, 0.1) is 5.92 Å². The van der Waals surface area contributed by atoms with Gasteiger partial charge in [0, 0.05) is 31.5 Å². The minimum absolute atomic E-state index is 0.0513. The van der Waals surface area contributed by atoms with Gasteiger partial charge in [-0.15, -0.1) is 0 Å². The SMILES string of the molecule is CCC=CC1CCC2(CC3CCC4C(C(=O)OCCCCCCCCCCCCCCC5OC(O)(CCN)C(O)N(CCCN)C5=O)C5(CCCC(C)O5)NC(N2)N34)O1. The fourth-order valence-electron chi connectivity index (χ4n) is 11.1. The summed E-state index contributed by atoms with van der Waals surface area (Å²) in [5, 5.41) is 29.3. The zero-order valence-electron chi connectivity index (χ0n) is 36.5. The van der Waals surface area contributed by atoms with Crippen molar-refractivity contribution in [1.82, 2.24) is 20.4 Å². The number of hydrogen-bond acceptors (Lipinski definition) is 13. The van der Waals surface area contributed by atoms with Crippen LogP contribution in [0.5, 0.6) is 0 Å². The Morgan fingerprint density at radius 3 is 2.29 bits per heavy atom. The van der Waals surface area contributed by atoms with Crippen LogP contribution in [0.1, 0.15) is 168 Å². The molecule has 338 valence electrons. The molecular formula is C45H80N6O8. The van der Waals surface area contributed by atoms with Gasteiger partial charge in [0.05, 0.1) is 18.8 Å². The number of hydrogen-bond donors (Lipinski definition) is 6. The first kappa shape index (κ1) is 46.8. The fraction of sp³-hybridized carbons (Fsp3) is 0.911. The van der Waals surface area contributed by atoms with E-state index in [1.165, 1.54) is 37.0 Å². The lowest BCUT2D eigenvalue weighted by molar-refractivity contribution is -0.325. The zero-order valence-corrected chi connectivity index (χ0v) is 36.5. The number of rotatable bonds is 23. The molecule has 2 spiro atoms. The van der Waals surface area contributed by atoms with Crippen LogP contribution >= 0.6 is 0 Å². The molecule has 0 aromatic heterocycles. The Kier molecular flexibility index (Phi) is 17.5. The van der Waals surface area contributed by atoms with Gasteiger partial charge in [0.2, 0.25) is 5.79 Å². The summed E-state index contributed by atoms with van der Waals surface area (Å²) >= 11 is 0. The first-order chi connectivity index (χ1) is 28.6. The lowest BCUT2D eigenvalue weighted by atomic mass is 9.79. The quantitative estimate of drug-likeness (QED) is 0.0459. The predicted molar refractivity (Wildman–Crippen MR) is 226 cm³/mol. The third kappa shape index (κ3) is 11.5. The Bertz CT molecular complexity index is 1360. The number of amides is 1. The molecule has 1 amide bonds. The second kappa shape index (κ2) is 22.1. The molecule has 59 heavy (non-hydrogen) atoms.